The Morgan fingerprint density at radius 3 is 2.38 bits per heavy atom. The number of benzene rings is 2. The molecule has 0 bridgehead atoms. The van der Waals surface area contributed by atoms with Gasteiger partial charge in [0.2, 0.25) is 0 Å². The summed E-state index contributed by atoms with van der Waals surface area (Å²) in [5.74, 6) is 2.07. The van der Waals surface area contributed by atoms with Crippen molar-refractivity contribution in [2.24, 2.45) is 0 Å². The third-order valence-electron chi connectivity index (χ3n) is 5.66. The van der Waals surface area contributed by atoms with E-state index >= 15 is 0 Å². The zero-order valence-electron chi connectivity index (χ0n) is 18.5. The molecule has 1 aliphatic rings. The van der Waals surface area contributed by atoms with E-state index in [9.17, 15) is 4.79 Å². The lowest BCUT2D eigenvalue weighted by Crippen LogP contribution is -2.30. The van der Waals surface area contributed by atoms with E-state index in [2.05, 4.69) is 20.2 Å². The molecule has 7 heteroatoms. The van der Waals surface area contributed by atoms with Gasteiger partial charge < -0.3 is 19.7 Å². The zero-order valence-corrected chi connectivity index (χ0v) is 18.5. The molecule has 0 spiro atoms. The second kappa shape index (κ2) is 10.1. The highest BCUT2D eigenvalue weighted by Gasteiger charge is 2.18. The van der Waals surface area contributed by atoms with E-state index in [-0.39, 0.29) is 5.91 Å². The summed E-state index contributed by atoms with van der Waals surface area (Å²) in [5.41, 5.74) is 3.33. The van der Waals surface area contributed by atoms with Crippen LogP contribution in [0.2, 0.25) is 0 Å². The van der Waals surface area contributed by atoms with Crippen LogP contribution in [-0.2, 0) is 6.54 Å². The minimum Gasteiger partial charge on any atom is -0.493 e. The second-order valence-electron chi connectivity index (χ2n) is 7.73. The predicted octanol–water partition coefficient (Wildman–Crippen LogP) is 4.08. The number of ether oxygens (including phenoxy) is 2. The van der Waals surface area contributed by atoms with Crippen LogP contribution in [0.25, 0.3) is 11.3 Å². The minimum atomic E-state index is -0.137. The average Bonchev–Trinajstić information content (AvgIpc) is 2.87. The van der Waals surface area contributed by atoms with Crippen LogP contribution in [0.3, 0.4) is 0 Å². The van der Waals surface area contributed by atoms with Gasteiger partial charge in [-0.2, -0.15) is 0 Å². The predicted molar refractivity (Wildman–Crippen MR) is 124 cm³/mol. The molecule has 1 fully saturated rings. The Bertz CT molecular complexity index is 1060. The third-order valence-corrected chi connectivity index (χ3v) is 5.66. The third kappa shape index (κ3) is 4.82. The first-order valence-corrected chi connectivity index (χ1v) is 10.8. The topological polar surface area (TPSA) is 76.6 Å². The fourth-order valence-corrected chi connectivity index (χ4v) is 3.93. The summed E-state index contributed by atoms with van der Waals surface area (Å²) in [6.45, 7) is 2.40. The summed E-state index contributed by atoms with van der Waals surface area (Å²) < 4.78 is 10.6. The highest BCUT2D eigenvalue weighted by molar-refractivity contribution is 5.94. The molecule has 1 N–H and O–H groups in total. The van der Waals surface area contributed by atoms with Crippen LogP contribution in [0.5, 0.6) is 11.5 Å². The summed E-state index contributed by atoms with van der Waals surface area (Å²) in [5, 5.41) is 2.95. The highest BCUT2D eigenvalue weighted by Crippen LogP contribution is 2.29. The van der Waals surface area contributed by atoms with Crippen LogP contribution in [0.4, 0.5) is 5.82 Å². The van der Waals surface area contributed by atoms with Crippen molar-refractivity contribution in [3.8, 4) is 22.8 Å². The highest BCUT2D eigenvalue weighted by atomic mass is 16.5. The Labute approximate surface area is 188 Å². The number of hydrogen-bond acceptors (Lipinski definition) is 6. The number of aromatic nitrogens is 2. The number of nitrogens with zero attached hydrogens (tertiary/aromatic N) is 3. The average molecular weight is 433 g/mol. The maximum Gasteiger partial charge on any atom is 0.251 e. The number of piperidine rings is 1. The van der Waals surface area contributed by atoms with E-state index in [4.69, 9.17) is 9.47 Å². The maximum absolute atomic E-state index is 12.7. The van der Waals surface area contributed by atoms with Crippen LogP contribution in [0.1, 0.15) is 35.2 Å². The van der Waals surface area contributed by atoms with Gasteiger partial charge in [0.25, 0.3) is 5.91 Å². The molecule has 1 amide bonds. The summed E-state index contributed by atoms with van der Waals surface area (Å²) in [6, 6.07) is 13.1. The molecule has 1 aromatic heterocycles. The van der Waals surface area contributed by atoms with E-state index in [1.54, 1.807) is 26.6 Å². The SMILES string of the molecule is COc1ccc(CNC(=O)c2ccc(-c3nccnc3N3CCCCC3)cc2)cc1OC. The van der Waals surface area contributed by atoms with Gasteiger partial charge in [-0.1, -0.05) is 18.2 Å². The van der Waals surface area contributed by atoms with E-state index in [0.29, 0.717) is 23.6 Å². The molecule has 2 heterocycles. The van der Waals surface area contributed by atoms with Crippen molar-refractivity contribution in [3.05, 3.63) is 66.0 Å². The molecule has 2 aromatic carbocycles. The van der Waals surface area contributed by atoms with Gasteiger partial charge in [-0.15, -0.1) is 0 Å². The molecule has 1 aliphatic heterocycles. The van der Waals surface area contributed by atoms with Gasteiger partial charge in [-0.05, 0) is 49.1 Å². The molecule has 0 unspecified atom stereocenters. The lowest BCUT2D eigenvalue weighted by molar-refractivity contribution is 0.0951. The molecule has 0 aliphatic carbocycles. The first kappa shape index (κ1) is 21.6. The van der Waals surface area contributed by atoms with E-state index in [0.717, 1.165) is 35.7 Å². The van der Waals surface area contributed by atoms with Crippen LogP contribution < -0.4 is 19.7 Å². The smallest absolute Gasteiger partial charge is 0.251 e. The summed E-state index contributed by atoms with van der Waals surface area (Å²) in [6.07, 6.45) is 7.07. The van der Waals surface area contributed by atoms with E-state index in [1.807, 2.05) is 42.5 Å². The van der Waals surface area contributed by atoms with Gasteiger partial charge in [-0.25, -0.2) is 4.98 Å². The van der Waals surface area contributed by atoms with Crippen LogP contribution in [0.15, 0.2) is 54.9 Å². The number of anilines is 1. The number of nitrogens with one attached hydrogen (secondary N) is 1. The molecule has 0 radical (unpaired) electrons. The van der Waals surface area contributed by atoms with E-state index in [1.165, 1.54) is 19.3 Å². The van der Waals surface area contributed by atoms with Gasteiger partial charge in [-0.3, -0.25) is 9.78 Å². The quantitative estimate of drug-likeness (QED) is 0.606. The largest absolute Gasteiger partial charge is 0.493 e. The van der Waals surface area contributed by atoms with Crippen molar-refractivity contribution in [2.75, 3.05) is 32.2 Å². The fourth-order valence-electron chi connectivity index (χ4n) is 3.93. The Balaban J connectivity index is 1.45. The Morgan fingerprint density at radius 1 is 0.938 bits per heavy atom. The molecular weight excluding hydrogens is 404 g/mol. The van der Waals surface area contributed by atoms with Gasteiger partial charge in [0, 0.05) is 43.2 Å². The molecule has 166 valence electrons. The van der Waals surface area contributed by atoms with E-state index < -0.39 is 0 Å². The number of carbonyl (C=O) groups excluding carboxylic acids is 1. The Morgan fingerprint density at radius 2 is 1.66 bits per heavy atom. The fraction of sp³-hybridized carbons (Fsp3) is 0.320. The van der Waals surface area contributed by atoms with Crippen molar-refractivity contribution in [3.63, 3.8) is 0 Å². The Hall–Kier alpha value is -3.61. The summed E-state index contributed by atoms with van der Waals surface area (Å²) >= 11 is 0. The second-order valence-corrected chi connectivity index (χ2v) is 7.73. The van der Waals surface area contributed by atoms with Crippen molar-refractivity contribution >= 4 is 11.7 Å². The molecule has 32 heavy (non-hydrogen) atoms. The molecule has 1 saturated heterocycles. The molecule has 0 saturated carbocycles. The molecule has 7 nitrogen and oxygen atoms in total. The van der Waals surface area contributed by atoms with Crippen molar-refractivity contribution < 1.29 is 14.3 Å². The number of carbonyl (C=O) groups is 1. The molecule has 3 aromatic rings. The maximum atomic E-state index is 12.7. The van der Waals surface area contributed by atoms with Gasteiger partial charge in [0.05, 0.1) is 14.2 Å². The summed E-state index contributed by atoms with van der Waals surface area (Å²) in [7, 11) is 3.19. The number of rotatable bonds is 7. The standard InChI is InChI=1S/C25H28N4O3/c1-31-21-11-6-18(16-22(21)32-2)17-28-25(30)20-9-7-19(8-10-20)23-24(27-13-12-26-23)29-14-4-3-5-15-29/h6-13,16H,3-5,14-15,17H2,1-2H3,(H,28,30). The van der Waals surface area contributed by atoms with Gasteiger partial charge in [0.1, 0.15) is 5.69 Å². The lowest BCUT2D eigenvalue weighted by atomic mass is 10.1. The minimum absolute atomic E-state index is 0.137. The van der Waals surface area contributed by atoms with Crippen molar-refractivity contribution in [1.82, 2.24) is 15.3 Å². The zero-order chi connectivity index (χ0) is 22.3. The molecular formula is C25H28N4O3. The van der Waals surface area contributed by atoms with Crippen molar-refractivity contribution in [1.29, 1.82) is 0 Å². The van der Waals surface area contributed by atoms with Crippen molar-refractivity contribution in [2.45, 2.75) is 25.8 Å². The monoisotopic (exact) mass is 432 g/mol. The summed E-state index contributed by atoms with van der Waals surface area (Å²) in [4.78, 5) is 24.1. The normalized spacial score (nSPS) is 13.5. The molecule has 0 atom stereocenters. The van der Waals surface area contributed by atoms with Crippen LogP contribution in [-0.4, -0.2) is 43.2 Å². The Kier molecular flexibility index (Phi) is 6.84. The number of amides is 1. The van der Waals surface area contributed by atoms with Gasteiger partial charge >= 0.3 is 0 Å². The van der Waals surface area contributed by atoms with Gasteiger partial charge in [0.15, 0.2) is 17.3 Å². The first-order chi connectivity index (χ1) is 15.7. The lowest BCUT2D eigenvalue weighted by Gasteiger charge is -2.28. The van der Waals surface area contributed by atoms with Crippen LogP contribution in [0, 0.1) is 0 Å². The number of hydrogen-bond donors (Lipinski definition) is 1. The number of methoxy groups -OCH3 is 2. The first-order valence-electron chi connectivity index (χ1n) is 10.8. The van der Waals surface area contributed by atoms with Crippen LogP contribution >= 0.6 is 0 Å². The molecule has 4 rings (SSSR count).